The highest BCUT2D eigenvalue weighted by Crippen LogP contribution is 2.25. The van der Waals surface area contributed by atoms with E-state index in [1.165, 1.54) is 7.11 Å². The summed E-state index contributed by atoms with van der Waals surface area (Å²) in [5, 5.41) is 10.0. The molecule has 3 aromatic rings. The topological polar surface area (TPSA) is 93.3 Å². The molecule has 1 aromatic heterocycles. The van der Waals surface area contributed by atoms with E-state index in [9.17, 15) is 9.59 Å². The quantitative estimate of drug-likeness (QED) is 0.697. The standard InChI is InChI=1S/C18H17N3O4/c1-11-7-8-15(24-2)14(9-11)19-16(22)10-25-18(23)17-12-5-3-4-6-13(12)20-21-17/h3-9H,10H2,1-2H3,(H,19,22)(H,20,21). The molecule has 0 spiro atoms. The van der Waals surface area contributed by atoms with Crippen molar-refractivity contribution in [1.82, 2.24) is 10.2 Å². The van der Waals surface area contributed by atoms with Crippen molar-refractivity contribution < 1.29 is 19.1 Å². The average molecular weight is 339 g/mol. The first-order chi connectivity index (χ1) is 12.1. The summed E-state index contributed by atoms with van der Waals surface area (Å²) in [6.45, 7) is 1.48. The van der Waals surface area contributed by atoms with Crippen LogP contribution in [0.3, 0.4) is 0 Å². The number of carbonyl (C=O) groups is 2. The molecular weight excluding hydrogens is 322 g/mol. The molecule has 0 saturated carbocycles. The maximum Gasteiger partial charge on any atom is 0.359 e. The molecule has 0 aliphatic heterocycles. The molecular formula is C18H17N3O4. The molecule has 3 rings (SSSR count). The molecule has 25 heavy (non-hydrogen) atoms. The lowest BCUT2D eigenvalue weighted by atomic mass is 10.2. The summed E-state index contributed by atoms with van der Waals surface area (Å²) in [4.78, 5) is 24.2. The normalized spacial score (nSPS) is 10.5. The number of anilines is 1. The lowest BCUT2D eigenvalue weighted by Gasteiger charge is -2.11. The van der Waals surface area contributed by atoms with E-state index < -0.39 is 18.5 Å². The van der Waals surface area contributed by atoms with Gasteiger partial charge in [0, 0.05) is 5.39 Å². The van der Waals surface area contributed by atoms with Crippen LogP contribution >= 0.6 is 0 Å². The molecule has 0 aliphatic rings. The number of benzene rings is 2. The number of aromatic amines is 1. The summed E-state index contributed by atoms with van der Waals surface area (Å²) >= 11 is 0. The van der Waals surface area contributed by atoms with Crippen molar-refractivity contribution in [2.24, 2.45) is 0 Å². The fourth-order valence-electron chi connectivity index (χ4n) is 2.42. The second-order valence-electron chi connectivity index (χ2n) is 5.45. The van der Waals surface area contributed by atoms with Gasteiger partial charge in [-0.25, -0.2) is 4.79 Å². The van der Waals surface area contributed by atoms with E-state index in [1.807, 2.05) is 19.1 Å². The van der Waals surface area contributed by atoms with Gasteiger partial charge >= 0.3 is 5.97 Å². The lowest BCUT2D eigenvalue weighted by molar-refractivity contribution is -0.119. The third-order valence-corrected chi connectivity index (χ3v) is 3.63. The van der Waals surface area contributed by atoms with Crippen LogP contribution in [0, 0.1) is 6.92 Å². The smallest absolute Gasteiger partial charge is 0.359 e. The molecule has 0 bridgehead atoms. The van der Waals surface area contributed by atoms with Gasteiger partial charge in [-0.2, -0.15) is 5.10 Å². The van der Waals surface area contributed by atoms with Crippen LogP contribution in [0.15, 0.2) is 42.5 Å². The Balaban J connectivity index is 1.64. The number of ether oxygens (including phenoxy) is 2. The molecule has 128 valence electrons. The minimum Gasteiger partial charge on any atom is -0.495 e. The Kier molecular flexibility index (Phi) is 4.65. The molecule has 2 N–H and O–H groups in total. The number of hydrogen-bond donors (Lipinski definition) is 2. The van der Waals surface area contributed by atoms with Crippen LogP contribution in [0.25, 0.3) is 10.9 Å². The Labute approximate surface area is 143 Å². The van der Waals surface area contributed by atoms with E-state index in [-0.39, 0.29) is 5.69 Å². The fraction of sp³-hybridized carbons (Fsp3) is 0.167. The first-order valence-electron chi connectivity index (χ1n) is 7.63. The van der Waals surface area contributed by atoms with Crippen LogP contribution in [-0.2, 0) is 9.53 Å². The molecule has 0 atom stereocenters. The van der Waals surface area contributed by atoms with E-state index >= 15 is 0 Å². The van der Waals surface area contributed by atoms with Gasteiger partial charge in [0.1, 0.15) is 5.75 Å². The zero-order valence-electron chi connectivity index (χ0n) is 13.8. The number of H-pyrrole nitrogens is 1. The second kappa shape index (κ2) is 7.04. The Morgan fingerprint density at radius 1 is 1.20 bits per heavy atom. The molecule has 0 saturated heterocycles. The zero-order valence-corrected chi connectivity index (χ0v) is 13.8. The van der Waals surface area contributed by atoms with E-state index in [0.29, 0.717) is 16.8 Å². The average Bonchev–Trinajstić information content (AvgIpc) is 3.04. The predicted molar refractivity (Wildman–Crippen MR) is 92.7 cm³/mol. The van der Waals surface area contributed by atoms with Gasteiger partial charge in [0.15, 0.2) is 12.3 Å². The number of aromatic nitrogens is 2. The van der Waals surface area contributed by atoms with Gasteiger partial charge in [0.25, 0.3) is 5.91 Å². The van der Waals surface area contributed by atoms with Crippen LogP contribution in [0.5, 0.6) is 5.75 Å². The third kappa shape index (κ3) is 3.60. The maximum atomic E-state index is 12.1. The van der Waals surface area contributed by atoms with Gasteiger partial charge in [-0.3, -0.25) is 9.89 Å². The largest absolute Gasteiger partial charge is 0.495 e. The number of carbonyl (C=O) groups excluding carboxylic acids is 2. The molecule has 0 fully saturated rings. The number of amides is 1. The monoisotopic (exact) mass is 339 g/mol. The molecule has 2 aromatic carbocycles. The molecule has 1 heterocycles. The van der Waals surface area contributed by atoms with Crippen molar-refractivity contribution in [3.05, 3.63) is 53.7 Å². The Hall–Kier alpha value is -3.35. The van der Waals surface area contributed by atoms with Crippen molar-refractivity contribution in [3.63, 3.8) is 0 Å². The fourth-order valence-corrected chi connectivity index (χ4v) is 2.42. The summed E-state index contributed by atoms with van der Waals surface area (Å²) < 4.78 is 10.3. The van der Waals surface area contributed by atoms with Gasteiger partial charge in [0.2, 0.25) is 0 Å². The van der Waals surface area contributed by atoms with Crippen LogP contribution in [-0.4, -0.2) is 35.8 Å². The minimum absolute atomic E-state index is 0.150. The van der Waals surface area contributed by atoms with Crippen molar-refractivity contribution in [2.45, 2.75) is 6.92 Å². The summed E-state index contributed by atoms with van der Waals surface area (Å²) in [6.07, 6.45) is 0. The summed E-state index contributed by atoms with van der Waals surface area (Å²) in [5.41, 5.74) is 2.37. The Morgan fingerprint density at radius 3 is 2.80 bits per heavy atom. The number of rotatable bonds is 5. The Morgan fingerprint density at radius 2 is 2.00 bits per heavy atom. The summed E-state index contributed by atoms with van der Waals surface area (Å²) in [7, 11) is 1.52. The number of para-hydroxylation sites is 1. The van der Waals surface area contributed by atoms with E-state index in [4.69, 9.17) is 9.47 Å². The number of hydrogen-bond acceptors (Lipinski definition) is 5. The van der Waals surface area contributed by atoms with Crippen molar-refractivity contribution in [3.8, 4) is 5.75 Å². The van der Waals surface area contributed by atoms with Crippen LogP contribution in [0.4, 0.5) is 5.69 Å². The minimum atomic E-state index is -0.663. The van der Waals surface area contributed by atoms with Gasteiger partial charge in [0.05, 0.1) is 18.3 Å². The number of fused-ring (bicyclic) bond motifs is 1. The number of aryl methyl sites for hydroxylation is 1. The van der Waals surface area contributed by atoms with Crippen molar-refractivity contribution in [2.75, 3.05) is 19.0 Å². The van der Waals surface area contributed by atoms with Gasteiger partial charge in [-0.15, -0.1) is 0 Å². The SMILES string of the molecule is COc1ccc(C)cc1NC(=O)COC(=O)c1n[nH]c2ccccc12. The van der Waals surface area contributed by atoms with Crippen molar-refractivity contribution in [1.29, 1.82) is 0 Å². The molecule has 0 radical (unpaired) electrons. The first kappa shape index (κ1) is 16.5. The predicted octanol–water partition coefficient (Wildman–Crippen LogP) is 2.68. The highest BCUT2D eigenvalue weighted by atomic mass is 16.5. The van der Waals surface area contributed by atoms with Gasteiger partial charge in [-0.1, -0.05) is 24.3 Å². The van der Waals surface area contributed by atoms with E-state index in [1.54, 1.807) is 30.3 Å². The molecule has 7 heteroatoms. The number of methoxy groups -OCH3 is 1. The number of nitrogens with zero attached hydrogens (tertiary/aromatic N) is 1. The molecule has 0 aliphatic carbocycles. The first-order valence-corrected chi connectivity index (χ1v) is 7.63. The highest BCUT2D eigenvalue weighted by Gasteiger charge is 2.17. The molecule has 0 unspecified atom stereocenters. The molecule has 7 nitrogen and oxygen atoms in total. The highest BCUT2D eigenvalue weighted by molar-refractivity contribution is 6.03. The Bertz CT molecular complexity index is 933. The third-order valence-electron chi connectivity index (χ3n) is 3.63. The number of esters is 1. The maximum absolute atomic E-state index is 12.1. The van der Waals surface area contributed by atoms with Crippen LogP contribution < -0.4 is 10.1 Å². The summed E-state index contributed by atoms with van der Waals surface area (Å²) in [6, 6.07) is 12.6. The van der Waals surface area contributed by atoms with E-state index in [0.717, 1.165) is 11.1 Å². The second-order valence-corrected chi connectivity index (χ2v) is 5.45. The van der Waals surface area contributed by atoms with Gasteiger partial charge < -0.3 is 14.8 Å². The molecule has 1 amide bonds. The van der Waals surface area contributed by atoms with E-state index in [2.05, 4.69) is 15.5 Å². The lowest BCUT2D eigenvalue weighted by Crippen LogP contribution is -2.21. The number of nitrogens with one attached hydrogen (secondary N) is 2. The zero-order chi connectivity index (χ0) is 17.8. The van der Waals surface area contributed by atoms with Crippen LogP contribution in [0.2, 0.25) is 0 Å². The van der Waals surface area contributed by atoms with Crippen molar-refractivity contribution >= 4 is 28.5 Å². The van der Waals surface area contributed by atoms with Gasteiger partial charge in [-0.05, 0) is 30.7 Å². The van der Waals surface area contributed by atoms with Crippen LogP contribution in [0.1, 0.15) is 16.1 Å². The summed E-state index contributed by atoms with van der Waals surface area (Å²) in [5.74, 6) is -0.593.